The van der Waals surface area contributed by atoms with E-state index in [4.69, 9.17) is 0 Å². The Morgan fingerprint density at radius 2 is 1.84 bits per heavy atom. The highest BCUT2D eigenvalue weighted by Crippen LogP contribution is 2.38. The lowest BCUT2D eigenvalue weighted by Crippen LogP contribution is -2.41. The summed E-state index contributed by atoms with van der Waals surface area (Å²) in [6.07, 6.45) is 2.16. The lowest BCUT2D eigenvalue weighted by Gasteiger charge is -2.20. The number of aliphatic hydroxyl groups is 1. The van der Waals surface area contributed by atoms with Gasteiger partial charge in [-0.1, -0.05) is 13.3 Å². The van der Waals surface area contributed by atoms with Crippen LogP contribution < -0.4 is 5.32 Å². The molecule has 0 aromatic carbocycles. The van der Waals surface area contributed by atoms with Gasteiger partial charge >= 0.3 is 5.97 Å². The number of aliphatic carboxylic acids is 1. The lowest BCUT2D eigenvalue weighted by molar-refractivity contribution is -0.146. The van der Waals surface area contributed by atoms with Crippen molar-refractivity contribution in [2.75, 3.05) is 0 Å². The van der Waals surface area contributed by atoms with E-state index < -0.39 is 23.9 Å². The minimum atomic E-state index is -0.876. The first-order valence-electron chi connectivity index (χ1n) is 7.06. The van der Waals surface area contributed by atoms with Gasteiger partial charge in [0.25, 0.3) is 0 Å². The highest BCUT2D eigenvalue weighted by atomic mass is 16.4. The molecule has 0 radical (unpaired) electrons. The van der Waals surface area contributed by atoms with Crippen molar-refractivity contribution >= 4 is 11.9 Å². The van der Waals surface area contributed by atoms with Crippen LogP contribution in [0.4, 0.5) is 0 Å². The van der Waals surface area contributed by atoms with Gasteiger partial charge in [0, 0.05) is 6.04 Å². The Bertz CT molecular complexity index is 329. The Morgan fingerprint density at radius 3 is 2.32 bits per heavy atom. The van der Waals surface area contributed by atoms with Gasteiger partial charge in [0.2, 0.25) is 5.91 Å². The molecule has 3 unspecified atom stereocenters. The molecule has 1 fully saturated rings. The number of carbonyl (C=O) groups is 2. The molecule has 19 heavy (non-hydrogen) atoms. The molecular formula is C14H25NO4. The second-order valence-electron chi connectivity index (χ2n) is 5.79. The van der Waals surface area contributed by atoms with Crippen molar-refractivity contribution in [1.82, 2.24) is 5.32 Å². The van der Waals surface area contributed by atoms with Gasteiger partial charge in [-0.15, -0.1) is 0 Å². The summed E-state index contributed by atoms with van der Waals surface area (Å²) < 4.78 is 0. The molecular weight excluding hydrogens is 246 g/mol. The molecule has 110 valence electrons. The molecule has 1 saturated carbocycles. The van der Waals surface area contributed by atoms with Crippen LogP contribution in [0.25, 0.3) is 0 Å². The number of hydrogen-bond donors (Lipinski definition) is 3. The third kappa shape index (κ3) is 4.49. The quantitative estimate of drug-likeness (QED) is 0.681. The first-order valence-corrected chi connectivity index (χ1v) is 7.06. The van der Waals surface area contributed by atoms with Crippen LogP contribution in [0.5, 0.6) is 0 Å². The average Bonchev–Trinajstić information content (AvgIpc) is 2.71. The van der Waals surface area contributed by atoms with Crippen molar-refractivity contribution in [1.29, 1.82) is 0 Å². The third-order valence-corrected chi connectivity index (χ3v) is 3.97. The molecule has 0 aliphatic heterocycles. The summed E-state index contributed by atoms with van der Waals surface area (Å²) in [5.74, 6) is -1.73. The topological polar surface area (TPSA) is 86.6 Å². The fraction of sp³-hybridized carbons (Fsp3) is 0.857. The maximum atomic E-state index is 12.2. The monoisotopic (exact) mass is 271 g/mol. The summed E-state index contributed by atoms with van der Waals surface area (Å²) in [4.78, 5) is 23.4. The minimum Gasteiger partial charge on any atom is -0.481 e. The van der Waals surface area contributed by atoms with Gasteiger partial charge < -0.3 is 15.5 Å². The minimum absolute atomic E-state index is 0.136. The SMILES string of the molecule is CCC1C[C@H](C(=O)NC(C)CC(C)O)[C@H](C(=O)O)C1. The molecule has 0 aromatic heterocycles. The van der Waals surface area contributed by atoms with Gasteiger partial charge in [-0.3, -0.25) is 9.59 Å². The smallest absolute Gasteiger partial charge is 0.307 e. The zero-order valence-electron chi connectivity index (χ0n) is 11.9. The first kappa shape index (κ1) is 16.0. The van der Waals surface area contributed by atoms with Crippen LogP contribution in [0.3, 0.4) is 0 Å². The van der Waals surface area contributed by atoms with E-state index in [0.717, 1.165) is 6.42 Å². The van der Waals surface area contributed by atoms with Crippen molar-refractivity contribution < 1.29 is 19.8 Å². The Hall–Kier alpha value is -1.10. The van der Waals surface area contributed by atoms with Crippen molar-refractivity contribution in [2.45, 2.75) is 58.6 Å². The molecule has 0 heterocycles. The number of aliphatic hydroxyl groups excluding tert-OH is 1. The van der Waals surface area contributed by atoms with E-state index in [-0.39, 0.29) is 11.9 Å². The van der Waals surface area contributed by atoms with E-state index in [1.807, 2.05) is 13.8 Å². The van der Waals surface area contributed by atoms with Crippen LogP contribution in [0.2, 0.25) is 0 Å². The lowest BCUT2D eigenvalue weighted by atomic mass is 9.95. The van der Waals surface area contributed by atoms with E-state index in [0.29, 0.717) is 25.2 Å². The molecule has 1 rings (SSSR count). The summed E-state index contributed by atoms with van der Waals surface area (Å²) in [7, 11) is 0. The Labute approximate surface area is 114 Å². The molecule has 3 N–H and O–H groups in total. The normalized spacial score (nSPS) is 29.8. The van der Waals surface area contributed by atoms with Gasteiger partial charge in [0.1, 0.15) is 0 Å². The van der Waals surface area contributed by atoms with E-state index in [2.05, 4.69) is 5.32 Å². The number of carboxylic acids is 1. The molecule has 5 heteroatoms. The van der Waals surface area contributed by atoms with Crippen molar-refractivity contribution in [3.63, 3.8) is 0 Å². The van der Waals surface area contributed by atoms with Crippen LogP contribution in [0.15, 0.2) is 0 Å². The second kappa shape index (κ2) is 6.89. The van der Waals surface area contributed by atoms with E-state index in [1.54, 1.807) is 6.92 Å². The molecule has 0 saturated heterocycles. The van der Waals surface area contributed by atoms with E-state index >= 15 is 0 Å². The molecule has 5 atom stereocenters. The highest BCUT2D eigenvalue weighted by Gasteiger charge is 2.42. The zero-order chi connectivity index (χ0) is 14.6. The van der Waals surface area contributed by atoms with Crippen molar-refractivity contribution in [2.24, 2.45) is 17.8 Å². The van der Waals surface area contributed by atoms with Crippen molar-refractivity contribution in [3.8, 4) is 0 Å². The summed E-state index contributed by atoms with van der Waals surface area (Å²) in [6.45, 7) is 5.53. The van der Waals surface area contributed by atoms with Crippen LogP contribution in [0, 0.1) is 17.8 Å². The predicted molar refractivity (Wildman–Crippen MR) is 71.5 cm³/mol. The molecule has 5 nitrogen and oxygen atoms in total. The summed E-state index contributed by atoms with van der Waals surface area (Å²) >= 11 is 0. The third-order valence-electron chi connectivity index (χ3n) is 3.97. The summed E-state index contributed by atoms with van der Waals surface area (Å²) in [5, 5.41) is 21.3. The number of rotatable bonds is 6. The number of nitrogens with one attached hydrogen (secondary N) is 1. The van der Waals surface area contributed by atoms with Gasteiger partial charge in [-0.05, 0) is 39.0 Å². The van der Waals surface area contributed by atoms with Gasteiger partial charge in [0.15, 0.2) is 0 Å². The first-order chi connectivity index (χ1) is 8.85. The zero-order valence-corrected chi connectivity index (χ0v) is 11.9. The average molecular weight is 271 g/mol. The van der Waals surface area contributed by atoms with E-state index in [1.165, 1.54) is 0 Å². The fourth-order valence-corrected chi connectivity index (χ4v) is 2.96. The van der Waals surface area contributed by atoms with Gasteiger partial charge in [-0.25, -0.2) is 0 Å². The Balaban J connectivity index is 2.61. The molecule has 0 spiro atoms. The van der Waals surface area contributed by atoms with E-state index in [9.17, 15) is 19.8 Å². The van der Waals surface area contributed by atoms with Crippen molar-refractivity contribution in [3.05, 3.63) is 0 Å². The maximum Gasteiger partial charge on any atom is 0.307 e. The fourth-order valence-electron chi connectivity index (χ4n) is 2.96. The molecule has 1 amide bonds. The Morgan fingerprint density at radius 1 is 1.26 bits per heavy atom. The number of carboxylic acid groups (broad SMARTS) is 1. The number of carbonyl (C=O) groups excluding carboxylic acids is 1. The van der Waals surface area contributed by atoms with Crippen LogP contribution >= 0.6 is 0 Å². The summed E-state index contributed by atoms with van der Waals surface area (Å²) in [6, 6.07) is -0.136. The maximum absolute atomic E-state index is 12.2. The summed E-state index contributed by atoms with van der Waals surface area (Å²) in [5.41, 5.74) is 0. The number of hydrogen-bond acceptors (Lipinski definition) is 3. The second-order valence-corrected chi connectivity index (χ2v) is 5.79. The predicted octanol–water partition coefficient (Wildman–Crippen LogP) is 1.40. The van der Waals surface area contributed by atoms with Gasteiger partial charge in [0.05, 0.1) is 17.9 Å². The molecule has 1 aliphatic carbocycles. The van der Waals surface area contributed by atoms with Crippen LogP contribution in [-0.4, -0.2) is 34.2 Å². The van der Waals surface area contributed by atoms with Crippen LogP contribution in [-0.2, 0) is 9.59 Å². The highest BCUT2D eigenvalue weighted by molar-refractivity contribution is 5.85. The Kier molecular flexibility index (Phi) is 5.79. The van der Waals surface area contributed by atoms with Gasteiger partial charge in [-0.2, -0.15) is 0 Å². The molecule has 0 aromatic rings. The molecule has 1 aliphatic rings. The molecule has 0 bridgehead atoms. The number of amides is 1. The van der Waals surface area contributed by atoms with Crippen LogP contribution in [0.1, 0.15) is 46.5 Å². The standard InChI is InChI=1S/C14H25NO4/c1-4-10-6-11(12(7-10)14(18)19)13(17)15-8(2)5-9(3)16/h8-12,16H,4-7H2,1-3H3,(H,15,17)(H,18,19)/t8?,9?,10?,11-,12+/m0/s1. The largest absolute Gasteiger partial charge is 0.481 e.